The maximum atomic E-state index is 11.2. The third-order valence-electron chi connectivity index (χ3n) is 1.71. The molecule has 5 nitrogen and oxygen atoms in total. The van der Waals surface area contributed by atoms with Crippen molar-refractivity contribution in [3.63, 3.8) is 0 Å². The number of amides is 1. The summed E-state index contributed by atoms with van der Waals surface area (Å²) < 4.78 is 4.79. The van der Waals surface area contributed by atoms with Gasteiger partial charge >= 0.3 is 0 Å². The molecule has 0 bridgehead atoms. The average molecular weight is 190 g/mol. The Kier molecular flexibility index (Phi) is 6.48. The van der Waals surface area contributed by atoms with Gasteiger partial charge in [0.2, 0.25) is 5.91 Å². The smallest absolute Gasteiger partial charge is 0.237 e. The first-order valence-electron chi connectivity index (χ1n) is 4.31. The molecule has 78 valence electrons. The van der Waals surface area contributed by atoms with Crippen molar-refractivity contribution in [2.75, 3.05) is 20.3 Å². The first kappa shape index (κ1) is 12.3. The van der Waals surface area contributed by atoms with Gasteiger partial charge in [0.25, 0.3) is 0 Å². The summed E-state index contributed by atoms with van der Waals surface area (Å²) in [5.41, 5.74) is 5.48. The minimum atomic E-state index is -0.508. The van der Waals surface area contributed by atoms with Crippen LogP contribution < -0.4 is 11.1 Å². The molecule has 0 saturated carbocycles. The van der Waals surface area contributed by atoms with Gasteiger partial charge in [0.05, 0.1) is 25.3 Å². The molecule has 2 atom stereocenters. The van der Waals surface area contributed by atoms with E-state index in [0.29, 0.717) is 13.0 Å². The number of aliphatic hydroxyl groups is 1. The van der Waals surface area contributed by atoms with Gasteiger partial charge in [0.1, 0.15) is 0 Å². The monoisotopic (exact) mass is 190 g/mol. The highest BCUT2D eigenvalue weighted by atomic mass is 16.5. The Morgan fingerprint density at radius 3 is 2.69 bits per heavy atom. The van der Waals surface area contributed by atoms with Crippen LogP contribution in [0.2, 0.25) is 0 Å². The molecule has 1 unspecified atom stereocenters. The van der Waals surface area contributed by atoms with Gasteiger partial charge in [-0.2, -0.15) is 0 Å². The summed E-state index contributed by atoms with van der Waals surface area (Å²) in [5.74, 6) is -0.251. The van der Waals surface area contributed by atoms with Crippen LogP contribution in [0, 0.1) is 0 Å². The number of carbonyl (C=O) groups is 1. The van der Waals surface area contributed by atoms with Crippen molar-refractivity contribution in [3.05, 3.63) is 0 Å². The summed E-state index contributed by atoms with van der Waals surface area (Å²) >= 11 is 0. The van der Waals surface area contributed by atoms with E-state index in [4.69, 9.17) is 15.6 Å². The highest BCUT2D eigenvalue weighted by Crippen LogP contribution is 1.89. The van der Waals surface area contributed by atoms with Crippen LogP contribution in [-0.4, -0.2) is 43.4 Å². The zero-order valence-corrected chi connectivity index (χ0v) is 8.12. The lowest BCUT2D eigenvalue weighted by atomic mass is 10.2. The molecule has 0 fully saturated rings. The molecule has 0 aromatic carbocycles. The molecule has 5 heteroatoms. The largest absolute Gasteiger partial charge is 0.394 e. The summed E-state index contributed by atoms with van der Waals surface area (Å²) in [6.07, 6.45) is 0.580. The van der Waals surface area contributed by atoms with Gasteiger partial charge in [0, 0.05) is 7.11 Å². The van der Waals surface area contributed by atoms with Crippen molar-refractivity contribution in [1.29, 1.82) is 0 Å². The highest BCUT2D eigenvalue weighted by molar-refractivity contribution is 5.81. The van der Waals surface area contributed by atoms with Crippen LogP contribution in [0.1, 0.15) is 13.3 Å². The number of carbonyl (C=O) groups excluding carboxylic acids is 1. The molecule has 0 radical (unpaired) electrons. The SMILES string of the molecule is CC[C@H](N)C(=O)NC(CO)COC. The van der Waals surface area contributed by atoms with Gasteiger partial charge in [0.15, 0.2) is 0 Å². The fourth-order valence-corrected chi connectivity index (χ4v) is 0.835. The quantitative estimate of drug-likeness (QED) is 0.493. The second kappa shape index (κ2) is 6.82. The molecule has 4 N–H and O–H groups in total. The number of aliphatic hydroxyl groups excluding tert-OH is 1. The molecule has 0 aromatic rings. The Morgan fingerprint density at radius 1 is 1.69 bits per heavy atom. The Bertz CT molecular complexity index is 152. The van der Waals surface area contributed by atoms with Crippen molar-refractivity contribution in [2.24, 2.45) is 5.73 Å². The minimum Gasteiger partial charge on any atom is -0.394 e. The van der Waals surface area contributed by atoms with E-state index in [2.05, 4.69) is 5.32 Å². The van der Waals surface area contributed by atoms with Crippen LogP contribution in [0.25, 0.3) is 0 Å². The Balaban J connectivity index is 3.85. The number of nitrogens with one attached hydrogen (secondary N) is 1. The predicted octanol–water partition coefficient (Wildman–Crippen LogP) is -1.15. The zero-order chi connectivity index (χ0) is 10.3. The molecule has 0 aromatic heterocycles. The average Bonchev–Trinajstić information content (AvgIpc) is 2.15. The van der Waals surface area contributed by atoms with E-state index in [0.717, 1.165) is 0 Å². The fraction of sp³-hybridized carbons (Fsp3) is 0.875. The highest BCUT2D eigenvalue weighted by Gasteiger charge is 2.15. The van der Waals surface area contributed by atoms with Crippen molar-refractivity contribution >= 4 is 5.91 Å². The standard InChI is InChI=1S/C8H18N2O3/c1-3-7(9)8(12)10-6(4-11)5-13-2/h6-7,11H,3-5,9H2,1-2H3,(H,10,12)/t6?,7-/m0/s1. The molecule has 0 heterocycles. The number of nitrogens with two attached hydrogens (primary N) is 1. The summed E-state index contributed by atoms with van der Waals surface area (Å²) in [4.78, 5) is 11.2. The maximum Gasteiger partial charge on any atom is 0.237 e. The number of hydrogen-bond donors (Lipinski definition) is 3. The van der Waals surface area contributed by atoms with E-state index in [9.17, 15) is 4.79 Å². The van der Waals surface area contributed by atoms with E-state index in [1.807, 2.05) is 6.92 Å². The van der Waals surface area contributed by atoms with E-state index < -0.39 is 6.04 Å². The Morgan fingerprint density at radius 2 is 2.31 bits per heavy atom. The first-order valence-corrected chi connectivity index (χ1v) is 4.31. The van der Waals surface area contributed by atoms with Crippen molar-refractivity contribution in [3.8, 4) is 0 Å². The molecule has 0 aliphatic heterocycles. The maximum absolute atomic E-state index is 11.2. The molecule has 1 amide bonds. The molecule has 0 spiro atoms. The van der Waals surface area contributed by atoms with Crippen molar-refractivity contribution < 1.29 is 14.6 Å². The van der Waals surface area contributed by atoms with Gasteiger partial charge in [-0.1, -0.05) is 6.92 Å². The number of ether oxygens (including phenoxy) is 1. The summed E-state index contributed by atoms with van der Waals surface area (Å²) in [7, 11) is 1.51. The lowest BCUT2D eigenvalue weighted by Gasteiger charge is -2.17. The Labute approximate surface area is 78.3 Å². The lowest BCUT2D eigenvalue weighted by molar-refractivity contribution is -0.123. The third-order valence-corrected chi connectivity index (χ3v) is 1.71. The van der Waals surface area contributed by atoms with Crippen LogP contribution in [0.3, 0.4) is 0 Å². The number of methoxy groups -OCH3 is 1. The van der Waals surface area contributed by atoms with Crippen molar-refractivity contribution in [2.45, 2.75) is 25.4 Å². The predicted molar refractivity (Wildman–Crippen MR) is 49.2 cm³/mol. The molecule has 0 rings (SSSR count). The van der Waals surface area contributed by atoms with Crippen LogP contribution in [-0.2, 0) is 9.53 Å². The zero-order valence-electron chi connectivity index (χ0n) is 8.12. The second-order valence-electron chi connectivity index (χ2n) is 2.86. The third kappa shape index (κ3) is 4.82. The summed E-state index contributed by atoms with van der Waals surface area (Å²) in [6, 6.07) is -0.874. The first-order chi connectivity index (χ1) is 6.15. The van der Waals surface area contributed by atoms with Gasteiger partial charge in [-0.25, -0.2) is 0 Å². The second-order valence-corrected chi connectivity index (χ2v) is 2.86. The lowest BCUT2D eigenvalue weighted by Crippen LogP contribution is -2.48. The van der Waals surface area contributed by atoms with Crippen molar-refractivity contribution in [1.82, 2.24) is 5.32 Å². The summed E-state index contributed by atoms with van der Waals surface area (Å²) in [5, 5.41) is 11.4. The minimum absolute atomic E-state index is 0.143. The van der Waals surface area contributed by atoms with E-state index in [-0.39, 0.29) is 18.6 Å². The topological polar surface area (TPSA) is 84.6 Å². The number of rotatable bonds is 6. The fourth-order valence-electron chi connectivity index (χ4n) is 0.835. The van der Waals surface area contributed by atoms with Crippen LogP contribution in [0.15, 0.2) is 0 Å². The van der Waals surface area contributed by atoms with E-state index in [1.165, 1.54) is 7.11 Å². The molecular formula is C8H18N2O3. The Hall–Kier alpha value is -0.650. The van der Waals surface area contributed by atoms with Crippen LogP contribution in [0.4, 0.5) is 0 Å². The van der Waals surface area contributed by atoms with Gasteiger partial charge in [-0.15, -0.1) is 0 Å². The molecule has 0 saturated heterocycles. The van der Waals surface area contributed by atoms with Crippen LogP contribution in [0.5, 0.6) is 0 Å². The molecule has 0 aliphatic rings. The van der Waals surface area contributed by atoms with Gasteiger partial charge in [-0.3, -0.25) is 4.79 Å². The van der Waals surface area contributed by atoms with E-state index >= 15 is 0 Å². The van der Waals surface area contributed by atoms with E-state index in [1.54, 1.807) is 0 Å². The van der Waals surface area contributed by atoms with Crippen LogP contribution >= 0.6 is 0 Å². The van der Waals surface area contributed by atoms with Gasteiger partial charge < -0.3 is 20.9 Å². The molecule has 13 heavy (non-hydrogen) atoms. The molecular weight excluding hydrogens is 172 g/mol. The van der Waals surface area contributed by atoms with Gasteiger partial charge in [-0.05, 0) is 6.42 Å². The molecule has 0 aliphatic carbocycles. The normalized spacial score (nSPS) is 15.1. The number of hydrogen-bond acceptors (Lipinski definition) is 4. The summed E-state index contributed by atoms with van der Waals surface area (Å²) in [6.45, 7) is 1.98.